The van der Waals surface area contributed by atoms with E-state index in [1.807, 2.05) is 13.8 Å². The van der Waals surface area contributed by atoms with E-state index in [0.29, 0.717) is 11.1 Å². The minimum atomic E-state index is -4.94. The molecule has 0 N–H and O–H groups in total. The highest BCUT2D eigenvalue weighted by Gasteiger charge is 2.40. The number of fused-ring (bicyclic) bond motifs is 2. The number of phosphoric acid groups is 1. The molecule has 0 radical (unpaired) electrons. The van der Waals surface area contributed by atoms with Crippen LogP contribution < -0.4 is 0 Å². The molecule has 0 atom stereocenters. The van der Waals surface area contributed by atoms with Crippen LogP contribution in [-0.4, -0.2) is 35.4 Å². The Bertz CT molecular complexity index is 1990. The number of benzene rings is 2. The molecular formula is C32H35F5N5O4P. The fourth-order valence-electron chi connectivity index (χ4n) is 4.98. The third kappa shape index (κ3) is 7.40. The van der Waals surface area contributed by atoms with E-state index in [1.165, 1.54) is 35.1 Å². The Morgan fingerprint density at radius 2 is 1.60 bits per heavy atom. The molecule has 5 rings (SSSR count). The monoisotopic (exact) mass is 679 g/mol. The van der Waals surface area contributed by atoms with Gasteiger partial charge in [-0.05, 0) is 83.4 Å². The van der Waals surface area contributed by atoms with Crippen molar-refractivity contribution >= 4 is 24.4 Å². The van der Waals surface area contributed by atoms with Crippen molar-refractivity contribution in [1.82, 2.24) is 24.1 Å². The van der Waals surface area contributed by atoms with Crippen LogP contribution in [0.25, 0.3) is 39.1 Å². The smallest absolute Gasteiger partial charge is 0.295 e. The van der Waals surface area contributed by atoms with Crippen molar-refractivity contribution in [2.75, 3.05) is 0 Å². The highest BCUT2D eigenvalue weighted by Crippen LogP contribution is 2.55. The van der Waals surface area contributed by atoms with Gasteiger partial charge >= 0.3 is 14.0 Å². The summed E-state index contributed by atoms with van der Waals surface area (Å²) in [7, 11) is -4.15. The van der Waals surface area contributed by atoms with Crippen molar-refractivity contribution in [2.45, 2.75) is 85.4 Å². The molecule has 3 aromatic heterocycles. The predicted molar refractivity (Wildman–Crippen MR) is 167 cm³/mol. The van der Waals surface area contributed by atoms with Crippen LogP contribution in [0.5, 0.6) is 0 Å². The summed E-state index contributed by atoms with van der Waals surface area (Å²) in [4.78, 5) is 8.01. The number of aromatic nitrogens is 5. The summed E-state index contributed by atoms with van der Waals surface area (Å²) in [5.74, 6) is -1.57. The fourth-order valence-corrected chi connectivity index (χ4v) is 6.71. The Morgan fingerprint density at radius 1 is 0.936 bits per heavy atom. The van der Waals surface area contributed by atoms with E-state index in [2.05, 4.69) is 15.1 Å². The summed E-state index contributed by atoms with van der Waals surface area (Å²) in [6.45, 7) is 13.2. The van der Waals surface area contributed by atoms with Crippen LogP contribution in [-0.2, 0) is 31.0 Å². The molecule has 5 aromatic rings. The van der Waals surface area contributed by atoms with Gasteiger partial charge in [0.25, 0.3) is 0 Å². The van der Waals surface area contributed by atoms with Gasteiger partial charge < -0.3 is 0 Å². The second-order valence-corrected chi connectivity index (χ2v) is 14.8. The number of halogens is 5. The van der Waals surface area contributed by atoms with Crippen LogP contribution >= 0.6 is 7.82 Å². The number of rotatable bonds is 8. The number of nitrogens with zero attached hydrogens (tertiary/aromatic N) is 5. The second kappa shape index (κ2) is 12.1. The SMILES string of the molecule is CC(C)c1cc(-c2cn3c(-c4ccc5c(cnn5COP(=O)(OC(C)(C)C)OC(C)(C)C)c4F)c(C(F)(F)F)nc3cn2)ccc1F. The summed E-state index contributed by atoms with van der Waals surface area (Å²) in [6.07, 6.45) is -1.35. The molecule has 0 aliphatic carbocycles. The molecule has 0 aliphatic heterocycles. The first-order valence-electron chi connectivity index (χ1n) is 14.7. The van der Waals surface area contributed by atoms with E-state index in [1.54, 1.807) is 47.6 Å². The number of alkyl halides is 3. The molecule has 0 spiro atoms. The Kier molecular flexibility index (Phi) is 8.89. The average Bonchev–Trinajstić information content (AvgIpc) is 3.52. The normalized spacial score (nSPS) is 13.4. The molecule has 0 saturated heterocycles. The van der Waals surface area contributed by atoms with Gasteiger partial charge in [0.2, 0.25) is 0 Å². The zero-order valence-electron chi connectivity index (χ0n) is 27.1. The molecular weight excluding hydrogens is 644 g/mol. The van der Waals surface area contributed by atoms with E-state index in [0.717, 1.165) is 16.8 Å². The van der Waals surface area contributed by atoms with Gasteiger partial charge in [0, 0.05) is 17.3 Å². The minimum Gasteiger partial charge on any atom is -0.295 e. The number of hydrogen-bond donors (Lipinski definition) is 0. The van der Waals surface area contributed by atoms with Crippen molar-refractivity contribution in [3.05, 3.63) is 71.8 Å². The van der Waals surface area contributed by atoms with E-state index >= 15 is 4.39 Å². The molecule has 3 heterocycles. The highest BCUT2D eigenvalue weighted by molar-refractivity contribution is 7.48. The Hall–Kier alpha value is -3.71. The lowest BCUT2D eigenvalue weighted by Gasteiger charge is -2.30. The summed E-state index contributed by atoms with van der Waals surface area (Å²) in [5.41, 5.74) is -2.96. The quantitative estimate of drug-likeness (QED) is 0.119. The van der Waals surface area contributed by atoms with Crippen molar-refractivity contribution in [2.24, 2.45) is 0 Å². The van der Waals surface area contributed by atoms with Gasteiger partial charge in [-0.25, -0.2) is 23.0 Å². The molecule has 0 bridgehead atoms. The van der Waals surface area contributed by atoms with Crippen LogP contribution in [0.4, 0.5) is 22.0 Å². The first kappa shape index (κ1) is 34.6. The van der Waals surface area contributed by atoms with Gasteiger partial charge in [-0.15, -0.1) is 0 Å². The lowest BCUT2D eigenvalue weighted by atomic mass is 9.99. The van der Waals surface area contributed by atoms with Crippen LogP contribution in [0.2, 0.25) is 0 Å². The van der Waals surface area contributed by atoms with Gasteiger partial charge in [-0.1, -0.05) is 13.8 Å². The zero-order valence-corrected chi connectivity index (χ0v) is 28.0. The van der Waals surface area contributed by atoms with Gasteiger partial charge in [0.15, 0.2) is 18.1 Å². The number of imidazole rings is 1. The lowest BCUT2D eigenvalue weighted by Crippen LogP contribution is -2.25. The van der Waals surface area contributed by atoms with Crippen LogP contribution in [0.1, 0.15) is 72.6 Å². The van der Waals surface area contributed by atoms with Gasteiger partial charge in [-0.2, -0.15) is 18.3 Å². The van der Waals surface area contributed by atoms with Crippen molar-refractivity contribution in [3.63, 3.8) is 0 Å². The maximum Gasteiger partial charge on any atom is 0.477 e. The zero-order chi connectivity index (χ0) is 34.7. The van der Waals surface area contributed by atoms with Crippen molar-refractivity contribution in [3.8, 4) is 22.5 Å². The third-order valence-corrected chi connectivity index (χ3v) is 8.79. The Labute approximate surface area is 268 Å². The van der Waals surface area contributed by atoms with Gasteiger partial charge in [-0.3, -0.25) is 23.0 Å². The summed E-state index contributed by atoms with van der Waals surface area (Å²) in [5, 5.41) is 4.01. The molecule has 15 heteroatoms. The molecule has 0 unspecified atom stereocenters. The molecule has 252 valence electrons. The fraction of sp³-hybridized carbons (Fsp3) is 0.406. The topological polar surface area (TPSA) is 92.8 Å². The molecule has 0 fully saturated rings. The van der Waals surface area contributed by atoms with Gasteiger partial charge in [0.05, 0.1) is 45.9 Å². The van der Waals surface area contributed by atoms with Crippen LogP contribution in [0.15, 0.2) is 48.9 Å². The van der Waals surface area contributed by atoms with Crippen LogP contribution in [0.3, 0.4) is 0 Å². The molecule has 9 nitrogen and oxygen atoms in total. The first-order valence-corrected chi connectivity index (χ1v) is 16.2. The molecule has 0 amide bonds. The van der Waals surface area contributed by atoms with E-state index in [4.69, 9.17) is 13.6 Å². The van der Waals surface area contributed by atoms with Crippen LogP contribution in [0, 0.1) is 11.6 Å². The van der Waals surface area contributed by atoms with Crippen molar-refractivity contribution in [1.29, 1.82) is 0 Å². The second-order valence-electron chi connectivity index (χ2n) is 13.3. The van der Waals surface area contributed by atoms with Crippen molar-refractivity contribution < 1.29 is 40.1 Å². The average molecular weight is 680 g/mol. The lowest BCUT2D eigenvalue weighted by molar-refractivity contribution is -0.140. The third-order valence-electron chi connectivity index (χ3n) is 6.82. The Morgan fingerprint density at radius 3 is 2.19 bits per heavy atom. The standard InChI is InChI=1S/C32H35F5N5O4P/c1-18(2)21-13-19(9-11-23(21)33)24-16-41-26(15-38-24)40-29(32(35,36)37)28(41)20-10-12-25-22(27(20)34)14-39-42(25)17-44-47(43,45-30(3,4)5)46-31(6,7)8/h9-16,18H,17H2,1-8H3. The molecule has 0 aliphatic rings. The van der Waals surface area contributed by atoms with E-state index in [9.17, 15) is 22.1 Å². The van der Waals surface area contributed by atoms with E-state index < -0.39 is 60.5 Å². The Balaban J connectivity index is 1.59. The molecule has 2 aromatic carbocycles. The minimum absolute atomic E-state index is 0.119. The number of hydrogen-bond acceptors (Lipinski definition) is 7. The summed E-state index contributed by atoms with van der Waals surface area (Å²) < 4.78 is 106. The van der Waals surface area contributed by atoms with Gasteiger partial charge in [0.1, 0.15) is 11.6 Å². The first-order chi connectivity index (χ1) is 21.7. The summed E-state index contributed by atoms with van der Waals surface area (Å²) >= 11 is 0. The largest absolute Gasteiger partial charge is 0.477 e. The molecule has 0 saturated carbocycles. The maximum atomic E-state index is 16.2. The summed E-state index contributed by atoms with van der Waals surface area (Å²) in [6, 6.07) is 6.88. The predicted octanol–water partition coefficient (Wildman–Crippen LogP) is 9.55. The molecule has 47 heavy (non-hydrogen) atoms. The maximum absolute atomic E-state index is 16.2. The number of phosphoric ester groups is 1. The highest BCUT2D eigenvalue weighted by atomic mass is 31.2. The van der Waals surface area contributed by atoms with E-state index in [-0.39, 0.29) is 28.2 Å².